The van der Waals surface area contributed by atoms with E-state index in [0.717, 1.165) is 10.6 Å². The van der Waals surface area contributed by atoms with Crippen LogP contribution in [0.5, 0.6) is 11.5 Å². The van der Waals surface area contributed by atoms with E-state index in [-0.39, 0.29) is 19.2 Å². The number of hydrogen-bond acceptors (Lipinski definition) is 8. The minimum atomic E-state index is -0.262. The summed E-state index contributed by atoms with van der Waals surface area (Å²) in [6.07, 6.45) is 0. The van der Waals surface area contributed by atoms with Gasteiger partial charge in [0.05, 0.1) is 17.7 Å². The minimum absolute atomic E-state index is 0.137. The second-order valence-corrected chi connectivity index (χ2v) is 5.87. The van der Waals surface area contributed by atoms with E-state index in [9.17, 15) is 4.79 Å². The molecule has 3 aromatic rings. The van der Waals surface area contributed by atoms with Crippen molar-refractivity contribution >= 4 is 17.2 Å². The number of carbonyl (C=O) groups is 1. The van der Waals surface area contributed by atoms with Crippen LogP contribution < -0.4 is 14.8 Å². The Morgan fingerprint density at radius 1 is 1.29 bits per heavy atom. The van der Waals surface area contributed by atoms with Crippen LogP contribution >= 0.6 is 11.3 Å². The van der Waals surface area contributed by atoms with E-state index in [0.29, 0.717) is 28.8 Å². The lowest BCUT2D eigenvalue weighted by Gasteiger charge is -2.03. The number of benzene rings is 1. The van der Waals surface area contributed by atoms with Crippen LogP contribution in [0.1, 0.15) is 21.9 Å². The number of aromatic nitrogens is 3. The van der Waals surface area contributed by atoms with E-state index in [1.165, 1.54) is 11.3 Å². The van der Waals surface area contributed by atoms with E-state index in [4.69, 9.17) is 13.9 Å². The normalized spacial score (nSPS) is 12.4. The van der Waals surface area contributed by atoms with Crippen LogP contribution in [0.25, 0.3) is 10.8 Å². The molecule has 3 heterocycles. The van der Waals surface area contributed by atoms with Crippen LogP contribution in [-0.2, 0) is 6.54 Å². The maximum Gasteiger partial charge on any atom is 0.259 e. The van der Waals surface area contributed by atoms with E-state index in [1.807, 2.05) is 6.92 Å². The molecule has 0 bridgehead atoms. The molecule has 0 spiro atoms. The molecule has 9 heteroatoms. The van der Waals surface area contributed by atoms with Crippen molar-refractivity contribution in [3.8, 4) is 22.3 Å². The maximum absolute atomic E-state index is 12.2. The molecular formula is C15H12N4O4S. The first-order valence-electron chi connectivity index (χ1n) is 7.11. The molecular weight excluding hydrogens is 332 g/mol. The Balaban J connectivity index is 1.43. The van der Waals surface area contributed by atoms with Crippen LogP contribution in [0, 0.1) is 6.92 Å². The SMILES string of the molecule is Cc1ncsc1-c1nnc(CNC(=O)c2ccc3c(c2)OCO3)o1. The van der Waals surface area contributed by atoms with Crippen molar-refractivity contribution in [2.45, 2.75) is 13.5 Å². The van der Waals surface area contributed by atoms with E-state index >= 15 is 0 Å². The smallest absolute Gasteiger partial charge is 0.259 e. The van der Waals surface area contributed by atoms with Gasteiger partial charge in [-0.05, 0) is 25.1 Å². The molecule has 8 nitrogen and oxygen atoms in total. The van der Waals surface area contributed by atoms with Crippen molar-refractivity contribution < 1.29 is 18.7 Å². The number of ether oxygens (including phenoxy) is 2. The van der Waals surface area contributed by atoms with Crippen LogP contribution in [0.2, 0.25) is 0 Å². The molecule has 0 atom stereocenters. The van der Waals surface area contributed by atoms with Crippen molar-refractivity contribution in [2.24, 2.45) is 0 Å². The van der Waals surface area contributed by atoms with Gasteiger partial charge < -0.3 is 19.2 Å². The first kappa shape index (κ1) is 14.6. The fourth-order valence-electron chi connectivity index (χ4n) is 2.22. The second kappa shape index (κ2) is 5.93. The molecule has 0 radical (unpaired) electrons. The van der Waals surface area contributed by atoms with E-state index in [2.05, 4.69) is 20.5 Å². The number of hydrogen-bond donors (Lipinski definition) is 1. The third-order valence-corrected chi connectivity index (χ3v) is 4.36. The zero-order valence-corrected chi connectivity index (χ0v) is 13.4. The number of rotatable bonds is 4. The minimum Gasteiger partial charge on any atom is -0.454 e. The predicted octanol–water partition coefficient (Wildman–Crippen LogP) is 2.16. The van der Waals surface area contributed by atoms with Gasteiger partial charge in [0.2, 0.25) is 12.7 Å². The Bertz CT molecular complexity index is 905. The molecule has 0 aliphatic carbocycles. The topological polar surface area (TPSA) is 99.4 Å². The molecule has 0 saturated heterocycles. The number of aryl methyl sites for hydroxylation is 1. The van der Waals surface area contributed by atoms with Gasteiger partial charge in [0.15, 0.2) is 11.5 Å². The van der Waals surface area contributed by atoms with Crippen molar-refractivity contribution in [3.63, 3.8) is 0 Å². The molecule has 1 amide bonds. The second-order valence-electron chi connectivity index (χ2n) is 5.02. The number of nitrogens with zero attached hydrogens (tertiary/aromatic N) is 3. The zero-order chi connectivity index (χ0) is 16.5. The standard InChI is InChI=1S/C15H12N4O4S/c1-8-13(24-6-17-8)15-19-18-12(23-15)5-16-14(20)9-2-3-10-11(4-9)22-7-21-10/h2-4,6H,5,7H2,1H3,(H,16,20). The van der Waals surface area contributed by atoms with Gasteiger partial charge >= 0.3 is 0 Å². The summed E-state index contributed by atoms with van der Waals surface area (Å²) in [5, 5.41) is 10.7. The zero-order valence-electron chi connectivity index (χ0n) is 12.6. The number of carbonyl (C=O) groups excluding carboxylic acids is 1. The van der Waals surface area contributed by atoms with Gasteiger partial charge in [-0.15, -0.1) is 21.5 Å². The average Bonchev–Trinajstić information content (AvgIpc) is 3.31. The molecule has 1 aliphatic rings. The molecule has 0 fully saturated rings. The summed E-state index contributed by atoms with van der Waals surface area (Å²) >= 11 is 1.43. The Hall–Kier alpha value is -2.94. The Morgan fingerprint density at radius 3 is 3.00 bits per heavy atom. The molecule has 0 saturated carbocycles. The highest BCUT2D eigenvalue weighted by Gasteiger charge is 2.17. The largest absolute Gasteiger partial charge is 0.454 e. The average molecular weight is 344 g/mol. The van der Waals surface area contributed by atoms with Gasteiger partial charge in [0.1, 0.15) is 4.88 Å². The van der Waals surface area contributed by atoms with Crippen LogP contribution in [0.15, 0.2) is 28.1 Å². The summed E-state index contributed by atoms with van der Waals surface area (Å²) in [6, 6.07) is 5.01. The Kier molecular flexibility index (Phi) is 3.62. The number of nitrogens with one attached hydrogen (secondary N) is 1. The fourth-order valence-corrected chi connectivity index (χ4v) is 2.94. The summed E-state index contributed by atoms with van der Waals surface area (Å²) in [4.78, 5) is 17.2. The lowest BCUT2D eigenvalue weighted by atomic mass is 10.2. The van der Waals surface area contributed by atoms with Crippen molar-refractivity contribution in [2.75, 3.05) is 6.79 Å². The van der Waals surface area contributed by atoms with Crippen molar-refractivity contribution in [3.05, 3.63) is 40.9 Å². The summed E-state index contributed by atoms with van der Waals surface area (Å²) in [5.74, 6) is 1.66. The van der Waals surface area contributed by atoms with Crippen molar-refractivity contribution in [1.82, 2.24) is 20.5 Å². The molecule has 0 unspecified atom stereocenters. The highest BCUT2D eigenvalue weighted by Crippen LogP contribution is 2.32. The third kappa shape index (κ3) is 2.69. The van der Waals surface area contributed by atoms with Gasteiger partial charge in [-0.1, -0.05) is 0 Å². The summed E-state index contributed by atoms with van der Waals surface area (Å²) < 4.78 is 16.0. The highest BCUT2D eigenvalue weighted by molar-refractivity contribution is 7.13. The molecule has 24 heavy (non-hydrogen) atoms. The first-order valence-corrected chi connectivity index (χ1v) is 7.99. The molecule has 1 N–H and O–H groups in total. The van der Waals surface area contributed by atoms with E-state index < -0.39 is 0 Å². The van der Waals surface area contributed by atoms with Gasteiger partial charge in [-0.25, -0.2) is 4.98 Å². The molecule has 122 valence electrons. The lowest BCUT2D eigenvalue weighted by Crippen LogP contribution is -2.22. The summed E-state index contributed by atoms with van der Waals surface area (Å²) in [7, 11) is 0. The number of amides is 1. The van der Waals surface area contributed by atoms with Crippen LogP contribution in [0.3, 0.4) is 0 Å². The summed E-state index contributed by atoms with van der Waals surface area (Å²) in [6.45, 7) is 2.18. The van der Waals surface area contributed by atoms with Crippen molar-refractivity contribution in [1.29, 1.82) is 0 Å². The van der Waals surface area contributed by atoms with Gasteiger partial charge in [0.25, 0.3) is 11.8 Å². The fraction of sp³-hybridized carbons (Fsp3) is 0.200. The maximum atomic E-state index is 12.2. The first-order chi connectivity index (χ1) is 11.7. The molecule has 1 aliphatic heterocycles. The molecule has 4 rings (SSSR count). The number of fused-ring (bicyclic) bond motifs is 1. The van der Waals surface area contributed by atoms with Gasteiger partial charge in [-0.2, -0.15) is 0 Å². The van der Waals surface area contributed by atoms with Crippen LogP contribution in [0.4, 0.5) is 0 Å². The van der Waals surface area contributed by atoms with Crippen LogP contribution in [-0.4, -0.2) is 27.9 Å². The molecule has 2 aromatic heterocycles. The third-order valence-electron chi connectivity index (χ3n) is 3.44. The lowest BCUT2D eigenvalue weighted by molar-refractivity contribution is 0.0947. The quantitative estimate of drug-likeness (QED) is 0.774. The number of thiazole rings is 1. The highest BCUT2D eigenvalue weighted by atomic mass is 32.1. The molecule has 1 aromatic carbocycles. The Morgan fingerprint density at radius 2 is 2.17 bits per heavy atom. The Labute approximate surface area is 140 Å². The monoisotopic (exact) mass is 344 g/mol. The van der Waals surface area contributed by atoms with Gasteiger partial charge in [-0.3, -0.25) is 4.79 Å². The van der Waals surface area contributed by atoms with Gasteiger partial charge in [0, 0.05) is 5.56 Å². The summed E-state index contributed by atoms with van der Waals surface area (Å²) in [5.41, 5.74) is 3.02. The van der Waals surface area contributed by atoms with E-state index in [1.54, 1.807) is 23.7 Å². The predicted molar refractivity (Wildman–Crippen MR) is 83.9 cm³/mol.